The third kappa shape index (κ3) is 5.18. The van der Waals surface area contributed by atoms with Gasteiger partial charge in [-0.15, -0.1) is 0 Å². The number of ether oxygens (including phenoxy) is 1. The van der Waals surface area contributed by atoms with E-state index in [1.54, 1.807) is 13.8 Å². The number of nitrogens with zero attached hydrogens (tertiary/aromatic N) is 1. The minimum atomic E-state index is -4.46. The first kappa shape index (κ1) is 17.7. The molecule has 0 aromatic rings. The van der Waals surface area contributed by atoms with Gasteiger partial charge in [0.05, 0.1) is 5.41 Å². The van der Waals surface area contributed by atoms with Crippen molar-refractivity contribution in [2.75, 3.05) is 26.3 Å². The van der Waals surface area contributed by atoms with Gasteiger partial charge in [0, 0.05) is 13.1 Å². The molecule has 5 nitrogen and oxygen atoms in total. The van der Waals surface area contributed by atoms with Crippen molar-refractivity contribution in [1.29, 1.82) is 0 Å². The number of carboxylic acid groups (broad SMARTS) is 1. The Kier molecular flexibility index (Phi) is 5.61. The number of aliphatic carboxylic acids is 1. The third-order valence-electron chi connectivity index (χ3n) is 3.84. The van der Waals surface area contributed by atoms with Crippen LogP contribution >= 0.6 is 0 Å². The molecule has 1 atom stereocenters. The van der Waals surface area contributed by atoms with Crippen molar-refractivity contribution in [1.82, 2.24) is 4.90 Å². The first-order valence-corrected chi connectivity index (χ1v) is 6.69. The number of piperidine rings is 1. The molecule has 0 radical (unpaired) electrons. The molecule has 21 heavy (non-hydrogen) atoms. The Hall–Kier alpha value is -1.31. The van der Waals surface area contributed by atoms with Crippen molar-refractivity contribution in [3.05, 3.63) is 0 Å². The molecule has 1 amide bonds. The lowest BCUT2D eigenvalue weighted by atomic mass is 9.74. The van der Waals surface area contributed by atoms with Gasteiger partial charge in [-0.05, 0) is 32.6 Å². The van der Waals surface area contributed by atoms with Crippen molar-refractivity contribution >= 4 is 11.9 Å². The van der Waals surface area contributed by atoms with Gasteiger partial charge in [-0.1, -0.05) is 0 Å². The summed E-state index contributed by atoms with van der Waals surface area (Å²) in [5, 5.41) is 9.20. The van der Waals surface area contributed by atoms with E-state index in [0.717, 1.165) is 0 Å². The van der Waals surface area contributed by atoms with E-state index in [1.807, 2.05) is 0 Å². The fourth-order valence-electron chi connectivity index (χ4n) is 2.31. The molecule has 8 heteroatoms. The Morgan fingerprint density at radius 2 is 1.95 bits per heavy atom. The second-order valence-electron chi connectivity index (χ2n) is 5.81. The Bertz CT molecular complexity index is 395. The standard InChI is InChI=1S/C13H20F3NO4/c1-12(2,11(19)20)9-4-3-5-17(6-9)10(18)7-21-8-13(14,15)16/h9H,3-8H2,1-2H3,(H,19,20). The Morgan fingerprint density at radius 1 is 1.33 bits per heavy atom. The molecule has 1 heterocycles. The Balaban J connectivity index is 2.52. The van der Waals surface area contributed by atoms with E-state index in [1.165, 1.54) is 4.90 Å². The van der Waals surface area contributed by atoms with Crippen molar-refractivity contribution in [2.45, 2.75) is 32.9 Å². The number of alkyl halides is 3. The molecule has 122 valence electrons. The van der Waals surface area contributed by atoms with Crippen LogP contribution in [0.5, 0.6) is 0 Å². The summed E-state index contributed by atoms with van der Waals surface area (Å²) in [6.07, 6.45) is -3.16. The summed E-state index contributed by atoms with van der Waals surface area (Å²) in [7, 11) is 0. The maximum absolute atomic E-state index is 11.9. The molecule has 1 aliphatic rings. The number of rotatable bonds is 5. The zero-order valence-electron chi connectivity index (χ0n) is 12.1. The van der Waals surface area contributed by atoms with Crippen LogP contribution in [0.3, 0.4) is 0 Å². The number of likely N-dealkylation sites (tertiary alicyclic amines) is 1. The summed E-state index contributed by atoms with van der Waals surface area (Å²) < 4.78 is 40.2. The SMILES string of the molecule is CC(C)(C(=O)O)C1CCCN(C(=O)COCC(F)(F)F)C1. The van der Waals surface area contributed by atoms with Gasteiger partial charge < -0.3 is 14.7 Å². The topological polar surface area (TPSA) is 66.8 Å². The zero-order valence-corrected chi connectivity index (χ0v) is 12.1. The lowest BCUT2D eigenvalue weighted by Crippen LogP contribution is -2.48. The lowest BCUT2D eigenvalue weighted by molar-refractivity contribution is -0.178. The molecule has 1 aliphatic heterocycles. The fraction of sp³-hybridized carbons (Fsp3) is 0.846. The maximum Gasteiger partial charge on any atom is 0.411 e. The van der Waals surface area contributed by atoms with Crippen molar-refractivity contribution in [2.24, 2.45) is 11.3 Å². The van der Waals surface area contributed by atoms with Crippen LogP contribution in [0.4, 0.5) is 13.2 Å². The highest BCUT2D eigenvalue weighted by Crippen LogP contribution is 2.34. The molecular weight excluding hydrogens is 291 g/mol. The van der Waals surface area contributed by atoms with Crippen LogP contribution in [0.15, 0.2) is 0 Å². The van der Waals surface area contributed by atoms with Crippen LogP contribution in [0.2, 0.25) is 0 Å². The summed E-state index contributed by atoms with van der Waals surface area (Å²) >= 11 is 0. The highest BCUT2D eigenvalue weighted by Gasteiger charge is 2.40. The van der Waals surface area contributed by atoms with Crippen LogP contribution in [0.1, 0.15) is 26.7 Å². The molecule has 0 aliphatic carbocycles. The van der Waals surface area contributed by atoms with Gasteiger partial charge >= 0.3 is 12.1 Å². The monoisotopic (exact) mass is 311 g/mol. The van der Waals surface area contributed by atoms with E-state index in [9.17, 15) is 27.9 Å². The minimum Gasteiger partial charge on any atom is -0.481 e. The summed E-state index contributed by atoms with van der Waals surface area (Å²) in [6.45, 7) is 1.73. The molecule has 1 rings (SSSR count). The van der Waals surface area contributed by atoms with E-state index in [0.29, 0.717) is 19.4 Å². The quantitative estimate of drug-likeness (QED) is 0.842. The average molecular weight is 311 g/mol. The molecule has 1 N–H and O–H groups in total. The summed E-state index contributed by atoms with van der Waals surface area (Å²) in [5.74, 6) is -1.71. The number of carboxylic acids is 1. The van der Waals surface area contributed by atoms with Crippen molar-refractivity contribution < 1.29 is 32.6 Å². The van der Waals surface area contributed by atoms with E-state index in [2.05, 4.69) is 4.74 Å². The van der Waals surface area contributed by atoms with E-state index >= 15 is 0 Å². The summed E-state index contributed by atoms with van der Waals surface area (Å²) in [5.41, 5.74) is -0.980. The molecular formula is C13H20F3NO4. The van der Waals surface area contributed by atoms with Gasteiger partial charge in [-0.3, -0.25) is 9.59 Å². The predicted molar refractivity (Wildman–Crippen MR) is 67.6 cm³/mol. The molecule has 1 saturated heterocycles. The van der Waals surface area contributed by atoms with Gasteiger partial charge in [0.15, 0.2) is 0 Å². The molecule has 1 unspecified atom stereocenters. The number of hydrogen-bond donors (Lipinski definition) is 1. The van der Waals surface area contributed by atoms with Gasteiger partial charge in [0.1, 0.15) is 13.2 Å². The van der Waals surface area contributed by atoms with Crippen LogP contribution in [0, 0.1) is 11.3 Å². The number of carbonyl (C=O) groups is 2. The summed E-state index contributed by atoms with van der Waals surface area (Å²) in [4.78, 5) is 24.4. The normalized spacial score (nSPS) is 20.4. The molecule has 0 saturated carbocycles. The molecule has 0 bridgehead atoms. The number of hydrogen-bond acceptors (Lipinski definition) is 3. The third-order valence-corrected chi connectivity index (χ3v) is 3.84. The van der Waals surface area contributed by atoms with Gasteiger partial charge in [0.2, 0.25) is 5.91 Å². The highest BCUT2D eigenvalue weighted by atomic mass is 19.4. The van der Waals surface area contributed by atoms with Gasteiger partial charge in [-0.2, -0.15) is 13.2 Å². The fourth-order valence-corrected chi connectivity index (χ4v) is 2.31. The van der Waals surface area contributed by atoms with Crippen LogP contribution < -0.4 is 0 Å². The van der Waals surface area contributed by atoms with E-state index < -0.39 is 36.7 Å². The smallest absolute Gasteiger partial charge is 0.411 e. The molecule has 0 aromatic heterocycles. The predicted octanol–water partition coefficient (Wildman–Crippen LogP) is 1.91. The number of amides is 1. The van der Waals surface area contributed by atoms with Crippen LogP contribution in [0.25, 0.3) is 0 Å². The summed E-state index contributed by atoms with van der Waals surface area (Å²) in [6, 6.07) is 0. The second kappa shape index (κ2) is 6.64. The number of carbonyl (C=O) groups excluding carboxylic acids is 1. The number of halogens is 3. The molecule has 1 fully saturated rings. The maximum atomic E-state index is 11.9. The first-order chi connectivity index (χ1) is 9.54. The lowest BCUT2D eigenvalue weighted by Gasteiger charge is -2.39. The van der Waals surface area contributed by atoms with Gasteiger partial charge in [0.25, 0.3) is 0 Å². The first-order valence-electron chi connectivity index (χ1n) is 6.69. The second-order valence-corrected chi connectivity index (χ2v) is 5.81. The molecule has 0 spiro atoms. The van der Waals surface area contributed by atoms with Gasteiger partial charge in [-0.25, -0.2) is 0 Å². The van der Waals surface area contributed by atoms with Crippen LogP contribution in [-0.2, 0) is 14.3 Å². The van der Waals surface area contributed by atoms with Crippen LogP contribution in [-0.4, -0.2) is 54.4 Å². The highest BCUT2D eigenvalue weighted by molar-refractivity contribution is 5.78. The largest absolute Gasteiger partial charge is 0.481 e. The Morgan fingerprint density at radius 3 is 2.48 bits per heavy atom. The minimum absolute atomic E-state index is 0.227. The Labute approximate surface area is 121 Å². The van der Waals surface area contributed by atoms with E-state index in [4.69, 9.17) is 0 Å². The van der Waals surface area contributed by atoms with E-state index in [-0.39, 0.29) is 12.5 Å². The zero-order chi connectivity index (χ0) is 16.3. The van der Waals surface area contributed by atoms with Crippen molar-refractivity contribution in [3.8, 4) is 0 Å². The van der Waals surface area contributed by atoms with Crippen molar-refractivity contribution in [3.63, 3.8) is 0 Å². The average Bonchev–Trinajstić information content (AvgIpc) is 2.37. The molecule has 0 aromatic carbocycles.